The van der Waals surface area contributed by atoms with E-state index in [1.54, 1.807) is 30.3 Å². The van der Waals surface area contributed by atoms with Crippen LogP contribution in [-0.2, 0) is 16.0 Å². The summed E-state index contributed by atoms with van der Waals surface area (Å²) in [5.74, 6) is -0.467. The Morgan fingerprint density at radius 1 is 1.27 bits per heavy atom. The molecule has 26 heavy (non-hydrogen) atoms. The first-order chi connectivity index (χ1) is 12.5. The number of hydrogen-bond acceptors (Lipinski definition) is 5. The normalized spacial score (nSPS) is 10.2. The van der Waals surface area contributed by atoms with Gasteiger partial charge in [-0.15, -0.1) is 6.58 Å². The van der Waals surface area contributed by atoms with Crippen LogP contribution < -0.4 is 16.2 Å². The molecule has 1 heterocycles. The Bertz CT molecular complexity index is 852. The van der Waals surface area contributed by atoms with Crippen LogP contribution in [0.5, 0.6) is 0 Å². The van der Waals surface area contributed by atoms with Gasteiger partial charge in [-0.05, 0) is 24.3 Å². The molecule has 0 spiro atoms. The lowest BCUT2D eigenvalue weighted by Crippen LogP contribution is -2.26. The van der Waals surface area contributed by atoms with E-state index < -0.39 is 0 Å². The van der Waals surface area contributed by atoms with Crippen LogP contribution in [0.4, 0.5) is 5.69 Å². The van der Waals surface area contributed by atoms with E-state index in [9.17, 15) is 14.4 Å². The van der Waals surface area contributed by atoms with E-state index in [1.165, 1.54) is 6.07 Å². The Morgan fingerprint density at radius 2 is 2.00 bits per heavy atom. The standard InChI is InChI=1S/C17H17ClN4O3S/c1-2-7-19-14(23)8-13-9-15(24)22-17(21-13)26-10-16(25)20-12-5-3-11(18)4-6-12/h2-6,9H,1,7-8,10H2,(H,19,23)(H,20,25)(H,21,22,24). The molecule has 9 heteroatoms. The number of nitrogens with zero attached hydrogens (tertiary/aromatic N) is 1. The minimum Gasteiger partial charge on any atom is -0.352 e. The maximum absolute atomic E-state index is 12.0. The van der Waals surface area contributed by atoms with Crippen molar-refractivity contribution in [2.24, 2.45) is 0 Å². The van der Waals surface area contributed by atoms with Crippen LogP contribution in [0, 0.1) is 0 Å². The Balaban J connectivity index is 1.93. The third kappa shape index (κ3) is 6.73. The molecule has 1 aromatic heterocycles. The molecule has 0 saturated heterocycles. The summed E-state index contributed by atoms with van der Waals surface area (Å²) in [5, 5.41) is 6.17. The topological polar surface area (TPSA) is 104 Å². The predicted octanol–water partition coefficient (Wildman–Crippen LogP) is 2.00. The number of H-pyrrole nitrogens is 1. The molecule has 2 rings (SSSR count). The molecule has 2 amide bonds. The summed E-state index contributed by atoms with van der Waals surface area (Å²) in [7, 11) is 0. The number of anilines is 1. The quantitative estimate of drug-likeness (QED) is 0.362. The maximum atomic E-state index is 12.0. The first-order valence-electron chi connectivity index (χ1n) is 7.62. The van der Waals surface area contributed by atoms with Crippen molar-refractivity contribution in [3.8, 4) is 0 Å². The highest BCUT2D eigenvalue weighted by atomic mass is 35.5. The molecule has 2 aromatic rings. The Hall–Kier alpha value is -2.58. The number of amides is 2. The molecule has 136 valence electrons. The van der Waals surface area contributed by atoms with E-state index >= 15 is 0 Å². The van der Waals surface area contributed by atoms with E-state index in [2.05, 4.69) is 27.2 Å². The fourth-order valence-electron chi connectivity index (χ4n) is 1.92. The largest absolute Gasteiger partial charge is 0.352 e. The number of thioether (sulfide) groups is 1. The van der Waals surface area contributed by atoms with E-state index in [-0.39, 0.29) is 34.7 Å². The molecular formula is C17H17ClN4O3S. The third-order valence-corrected chi connectivity index (χ3v) is 4.15. The first-order valence-corrected chi connectivity index (χ1v) is 8.98. The summed E-state index contributed by atoms with van der Waals surface area (Å²) in [6.45, 7) is 3.85. The fourth-order valence-corrected chi connectivity index (χ4v) is 2.74. The van der Waals surface area contributed by atoms with Crippen molar-refractivity contribution in [2.45, 2.75) is 11.6 Å². The van der Waals surface area contributed by atoms with Crippen molar-refractivity contribution in [2.75, 3.05) is 17.6 Å². The van der Waals surface area contributed by atoms with Gasteiger partial charge in [0, 0.05) is 23.3 Å². The zero-order chi connectivity index (χ0) is 18.9. The van der Waals surface area contributed by atoms with Gasteiger partial charge in [-0.25, -0.2) is 4.98 Å². The zero-order valence-electron chi connectivity index (χ0n) is 13.8. The van der Waals surface area contributed by atoms with Gasteiger partial charge in [0.15, 0.2) is 5.16 Å². The molecule has 0 aliphatic rings. The van der Waals surface area contributed by atoms with Crippen molar-refractivity contribution >= 4 is 40.9 Å². The average Bonchev–Trinajstić information content (AvgIpc) is 2.60. The highest BCUT2D eigenvalue weighted by Crippen LogP contribution is 2.15. The molecular weight excluding hydrogens is 376 g/mol. The predicted molar refractivity (Wildman–Crippen MR) is 103 cm³/mol. The minimum atomic E-state index is -0.382. The molecule has 0 fully saturated rings. The van der Waals surface area contributed by atoms with Gasteiger partial charge >= 0.3 is 0 Å². The molecule has 3 N–H and O–H groups in total. The van der Waals surface area contributed by atoms with Crippen molar-refractivity contribution in [1.82, 2.24) is 15.3 Å². The van der Waals surface area contributed by atoms with E-state index in [0.717, 1.165) is 11.8 Å². The zero-order valence-corrected chi connectivity index (χ0v) is 15.3. The van der Waals surface area contributed by atoms with Crippen LogP contribution in [0.1, 0.15) is 5.69 Å². The third-order valence-electron chi connectivity index (χ3n) is 3.03. The minimum absolute atomic E-state index is 0.0255. The van der Waals surface area contributed by atoms with Gasteiger partial charge in [0.1, 0.15) is 0 Å². The van der Waals surface area contributed by atoms with Crippen LogP contribution >= 0.6 is 23.4 Å². The van der Waals surface area contributed by atoms with E-state index in [0.29, 0.717) is 22.9 Å². The van der Waals surface area contributed by atoms with Crippen LogP contribution in [0.2, 0.25) is 5.02 Å². The summed E-state index contributed by atoms with van der Waals surface area (Å²) in [5.41, 5.74) is 0.567. The van der Waals surface area contributed by atoms with Crippen LogP contribution in [0.25, 0.3) is 0 Å². The second-order valence-electron chi connectivity index (χ2n) is 5.16. The summed E-state index contributed by atoms with van der Waals surface area (Å²) in [6.07, 6.45) is 1.53. The molecule has 0 bridgehead atoms. The summed E-state index contributed by atoms with van der Waals surface area (Å²) >= 11 is 6.86. The number of rotatable bonds is 8. The fraction of sp³-hybridized carbons (Fsp3) is 0.176. The van der Waals surface area contributed by atoms with Crippen LogP contribution in [0.3, 0.4) is 0 Å². The van der Waals surface area contributed by atoms with Gasteiger partial charge in [-0.2, -0.15) is 0 Å². The van der Waals surface area contributed by atoms with E-state index in [1.807, 2.05) is 0 Å². The molecule has 0 unspecified atom stereocenters. The summed E-state index contributed by atoms with van der Waals surface area (Å²) in [4.78, 5) is 42.1. The first kappa shape index (κ1) is 19.7. The van der Waals surface area contributed by atoms with Crippen LogP contribution in [-0.4, -0.2) is 34.1 Å². The van der Waals surface area contributed by atoms with Crippen molar-refractivity contribution in [3.05, 3.63) is 64.1 Å². The molecule has 0 aliphatic heterocycles. The molecule has 0 saturated carbocycles. The molecule has 7 nitrogen and oxygen atoms in total. The number of aromatic nitrogens is 2. The Morgan fingerprint density at radius 3 is 2.69 bits per heavy atom. The number of aromatic amines is 1. The molecule has 1 aromatic carbocycles. The second-order valence-corrected chi connectivity index (χ2v) is 6.56. The Labute approximate surface area is 159 Å². The summed E-state index contributed by atoms with van der Waals surface area (Å²) < 4.78 is 0. The molecule has 0 aliphatic carbocycles. The molecule has 0 atom stereocenters. The average molecular weight is 393 g/mol. The smallest absolute Gasteiger partial charge is 0.251 e. The van der Waals surface area contributed by atoms with Gasteiger partial charge in [0.05, 0.1) is 17.9 Å². The second kappa shape index (κ2) is 9.79. The number of carbonyl (C=O) groups excluding carboxylic acids is 2. The van der Waals surface area contributed by atoms with Gasteiger partial charge < -0.3 is 15.6 Å². The summed E-state index contributed by atoms with van der Waals surface area (Å²) in [6, 6.07) is 7.97. The number of hydrogen-bond donors (Lipinski definition) is 3. The van der Waals surface area contributed by atoms with Gasteiger partial charge in [0.2, 0.25) is 11.8 Å². The molecule has 0 radical (unpaired) electrons. The number of halogens is 1. The SMILES string of the molecule is C=CCNC(=O)Cc1cc(=O)[nH]c(SCC(=O)Nc2ccc(Cl)cc2)n1. The van der Waals surface area contributed by atoms with E-state index in [4.69, 9.17) is 11.6 Å². The highest BCUT2D eigenvalue weighted by molar-refractivity contribution is 7.99. The lowest BCUT2D eigenvalue weighted by Gasteiger charge is -2.06. The van der Waals surface area contributed by atoms with Gasteiger partial charge in [-0.1, -0.05) is 29.4 Å². The number of nitrogens with one attached hydrogen (secondary N) is 3. The van der Waals surface area contributed by atoms with Crippen molar-refractivity contribution in [3.63, 3.8) is 0 Å². The monoisotopic (exact) mass is 392 g/mol. The number of carbonyl (C=O) groups is 2. The number of benzene rings is 1. The van der Waals surface area contributed by atoms with Gasteiger partial charge in [-0.3, -0.25) is 14.4 Å². The lowest BCUT2D eigenvalue weighted by atomic mass is 10.3. The van der Waals surface area contributed by atoms with Crippen LogP contribution in [0.15, 0.2) is 52.9 Å². The lowest BCUT2D eigenvalue weighted by molar-refractivity contribution is -0.120. The Kier molecular flexibility index (Phi) is 7.43. The maximum Gasteiger partial charge on any atom is 0.251 e. The van der Waals surface area contributed by atoms with Crippen molar-refractivity contribution in [1.29, 1.82) is 0 Å². The van der Waals surface area contributed by atoms with Gasteiger partial charge in [0.25, 0.3) is 5.56 Å². The highest BCUT2D eigenvalue weighted by Gasteiger charge is 2.09. The van der Waals surface area contributed by atoms with Crippen molar-refractivity contribution < 1.29 is 9.59 Å².